The highest BCUT2D eigenvalue weighted by Gasteiger charge is 2.04. The first-order valence-corrected chi connectivity index (χ1v) is 8.51. The van der Waals surface area contributed by atoms with Crippen molar-refractivity contribution in [1.82, 2.24) is 9.97 Å². The van der Waals surface area contributed by atoms with Gasteiger partial charge in [0.05, 0.1) is 29.2 Å². The molecule has 0 spiro atoms. The number of hydrogen-bond acceptors (Lipinski definition) is 4. The number of methoxy groups -OCH3 is 1. The van der Waals surface area contributed by atoms with Crippen LogP contribution in [0.15, 0.2) is 66.7 Å². The number of fused-ring (bicyclic) bond motifs is 2. The Morgan fingerprint density at radius 3 is 2.15 bits per heavy atom. The molecule has 0 saturated carbocycles. The molecule has 0 fully saturated rings. The van der Waals surface area contributed by atoms with Gasteiger partial charge >= 0.3 is 0 Å². The first-order valence-electron chi connectivity index (χ1n) is 8.10. The van der Waals surface area contributed by atoms with E-state index in [2.05, 4.69) is 20.6 Å². The van der Waals surface area contributed by atoms with E-state index in [1.807, 2.05) is 66.7 Å². The van der Waals surface area contributed by atoms with Crippen LogP contribution < -0.4 is 15.4 Å². The van der Waals surface area contributed by atoms with Gasteiger partial charge in [-0.3, -0.25) is 0 Å². The van der Waals surface area contributed by atoms with Gasteiger partial charge < -0.3 is 15.4 Å². The topological polar surface area (TPSA) is 59.1 Å². The normalized spacial score (nSPS) is 10.7. The van der Waals surface area contributed by atoms with Crippen LogP contribution in [0.25, 0.3) is 22.1 Å². The Morgan fingerprint density at radius 1 is 0.769 bits per heavy atom. The molecule has 0 unspecified atom stereocenters. The first-order chi connectivity index (χ1) is 12.7. The molecule has 1 heterocycles. The molecule has 0 aliphatic heterocycles. The highest BCUT2D eigenvalue weighted by Crippen LogP contribution is 2.21. The van der Waals surface area contributed by atoms with Gasteiger partial charge in [-0.05, 0) is 54.7 Å². The number of hydrogen-bond donors (Lipinski definition) is 2. The van der Waals surface area contributed by atoms with Crippen LogP contribution in [0.2, 0.25) is 0 Å². The highest BCUT2D eigenvalue weighted by atomic mass is 32.1. The molecule has 4 rings (SSSR count). The van der Waals surface area contributed by atoms with E-state index in [0.29, 0.717) is 5.11 Å². The van der Waals surface area contributed by atoms with Crippen LogP contribution in [0.3, 0.4) is 0 Å². The Bertz CT molecular complexity index is 1110. The lowest BCUT2D eigenvalue weighted by Gasteiger charge is -2.12. The molecule has 0 bridgehead atoms. The number of thiocarbonyl (C=S) groups is 1. The van der Waals surface area contributed by atoms with Gasteiger partial charge in [0.2, 0.25) is 0 Å². The Morgan fingerprint density at radius 2 is 1.42 bits per heavy atom. The van der Waals surface area contributed by atoms with Gasteiger partial charge in [0, 0.05) is 17.4 Å². The summed E-state index contributed by atoms with van der Waals surface area (Å²) in [6.45, 7) is 0. The molecule has 1 aromatic heterocycles. The number of anilines is 2. The second-order valence-corrected chi connectivity index (χ2v) is 6.14. The number of benzene rings is 3. The van der Waals surface area contributed by atoms with Gasteiger partial charge in [-0.15, -0.1) is 0 Å². The van der Waals surface area contributed by atoms with Crippen LogP contribution >= 0.6 is 12.2 Å². The lowest BCUT2D eigenvalue weighted by atomic mass is 10.2. The van der Waals surface area contributed by atoms with E-state index in [1.54, 1.807) is 7.11 Å². The summed E-state index contributed by atoms with van der Waals surface area (Å²) in [4.78, 5) is 9.30. The zero-order chi connectivity index (χ0) is 17.9. The molecule has 0 aliphatic carbocycles. The predicted molar refractivity (Wildman–Crippen MR) is 110 cm³/mol. The van der Waals surface area contributed by atoms with Crippen molar-refractivity contribution in [3.05, 3.63) is 66.7 Å². The maximum atomic E-state index is 5.40. The predicted octanol–water partition coefficient (Wildman–Crippen LogP) is 4.60. The van der Waals surface area contributed by atoms with Crippen molar-refractivity contribution in [1.29, 1.82) is 0 Å². The van der Waals surface area contributed by atoms with E-state index in [0.717, 1.165) is 39.2 Å². The number of ether oxygens (including phenoxy) is 1. The highest BCUT2D eigenvalue weighted by molar-refractivity contribution is 7.80. The van der Waals surface area contributed by atoms with Crippen molar-refractivity contribution in [3.63, 3.8) is 0 Å². The molecule has 26 heavy (non-hydrogen) atoms. The lowest BCUT2D eigenvalue weighted by molar-refractivity contribution is 0.415. The van der Waals surface area contributed by atoms with Crippen LogP contribution in [0, 0.1) is 0 Å². The Hall–Kier alpha value is -3.25. The second kappa shape index (κ2) is 6.93. The fourth-order valence-corrected chi connectivity index (χ4v) is 2.93. The minimum absolute atomic E-state index is 0.492. The summed E-state index contributed by atoms with van der Waals surface area (Å²) in [6.07, 6.45) is 0. The maximum Gasteiger partial charge on any atom is 0.175 e. The van der Waals surface area contributed by atoms with E-state index in [9.17, 15) is 0 Å². The minimum Gasteiger partial charge on any atom is -0.497 e. The quantitative estimate of drug-likeness (QED) is 0.411. The average Bonchev–Trinajstić information content (AvgIpc) is 2.66. The summed E-state index contributed by atoms with van der Waals surface area (Å²) >= 11 is 5.40. The number of rotatable bonds is 3. The van der Waals surface area contributed by atoms with Crippen LogP contribution in [0.5, 0.6) is 5.75 Å². The summed E-state index contributed by atoms with van der Waals surface area (Å²) in [5.41, 5.74) is 5.12. The monoisotopic (exact) mass is 360 g/mol. The summed E-state index contributed by atoms with van der Waals surface area (Å²) < 4.78 is 5.22. The summed E-state index contributed by atoms with van der Waals surface area (Å²) in [5, 5.41) is 6.82. The standard InChI is InChI=1S/C20H16N4OS/c1-25-15-6-4-5-13(11-15)21-20(26)22-14-9-10-18-19(12-14)24-17-8-3-2-7-16(17)23-18/h2-12H,1H3,(H2,21,22,26). The van der Waals surface area contributed by atoms with Gasteiger partial charge in [-0.1, -0.05) is 18.2 Å². The molecule has 0 aliphatic rings. The molecular formula is C20H16N4OS. The van der Waals surface area contributed by atoms with Crippen molar-refractivity contribution in [2.75, 3.05) is 17.7 Å². The second-order valence-electron chi connectivity index (χ2n) is 5.73. The lowest BCUT2D eigenvalue weighted by Crippen LogP contribution is -2.19. The van der Waals surface area contributed by atoms with E-state index in [-0.39, 0.29) is 0 Å². The first kappa shape index (κ1) is 16.2. The molecule has 0 saturated heterocycles. The number of nitrogens with one attached hydrogen (secondary N) is 2. The third-order valence-electron chi connectivity index (χ3n) is 3.92. The fraction of sp³-hybridized carbons (Fsp3) is 0.0500. The molecule has 0 amide bonds. The summed E-state index contributed by atoms with van der Waals surface area (Å²) in [5.74, 6) is 0.769. The third kappa shape index (κ3) is 3.41. The van der Waals surface area contributed by atoms with Crippen molar-refractivity contribution in [3.8, 4) is 5.75 Å². The molecule has 5 nitrogen and oxygen atoms in total. The fourth-order valence-electron chi connectivity index (χ4n) is 2.69. The minimum atomic E-state index is 0.492. The molecule has 128 valence electrons. The van der Waals surface area contributed by atoms with Crippen molar-refractivity contribution in [2.24, 2.45) is 0 Å². The van der Waals surface area contributed by atoms with Gasteiger partial charge in [-0.25, -0.2) is 9.97 Å². The molecule has 4 aromatic rings. The van der Waals surface area contributed by atoms with Crippen molar-refractivity contribution < 1.29 is 4.74 Å². The van der Waals surface area contributed by atoms with Crippen molar-refractivity contribution >= 4 is 50.8 Å². The Labute approximate surface area is 156 Å². The Kier molecular flexibility index (Phi) is 4.33. The van der Waals surface area contributed by atoms with Gasteiger partial charge in [0.1, 0.15) is 5.75 Å². The number of nitrogens with zero attached hydrogens (tertiary/aromatic N) is 2. The molecule has 0 atom stereocenters. The van der Waals surface area contributed by atoms with E-state index in [4.69, 9.17) is 17.0 Å². The molecular weight excluding hydrogens is 344 g/mol. The average molecular weight is 360 g/mol. The molecule has 3 aromatic carbocycles. The molecule has 6 heteroatoms. The van der Waals surface area contributed by atoms with E-state index >= 15 is 0 Å². The number of para-hydroxylation sites is 2. The smallest absolute Gasteiger partial charge is 0.175 e. The van der Waals surface area contributed by atoms with Gasteiger partial charge in [0.25, 0.3) is 0 Å². The zero-order valence-electron chi connectivity index (χ0n) is 14.1. The summed E-state index contributed by atoms with van der Waals surface area (Å²) in [6, 6.07) is 21.2. The Balaban J connectivity index is 1.56. The van der Waals surface area contributed by atoms with Gasteiger partial charge in [0.15, 0.2) is 5.11 Å². The SMILES string of the molecule is COc1cccc(NC(=S)Nc2ccc3nc4ccccc4nc3c2)c1. The van der Waals surface area contributed by atoms with Crippen molar-refractivity contribution in [2.45, 2.75) is 0 Å². The maximum absolute atomic E-state index is 5.40. The molecule has 2 N–H and O–H groups in total. The van der Waals surface area contributed by atoms with E-state index < -0.39 is 0 Å². The third-order valence-corrected chi connectivity index (χ3v) is 4.13. The molecule has 0 radical (unpaired) electrons. The van der Waals surface area contributed by atoms with E-state index in [1.165, 1.54) is 0 Å². The van der Waals surface area contributed by atoms with Crippen LogP contribution in [-0.2, 0) is 0 Å². The largest absolute Gasteiger partial charge is 0.497 e. The number of aromatic nitrogens is 2. The zero-order valence-corrected chi connectivity index (χ0v) is 14.9. The van der Waals surface area contributed by atoms with Crippen LogP contribution in [0.1, 0.15) is 0 Å². The summed E-state index contributed by atoms with van der Waals surface area (Å²) in [7, 11) is 1.63. The van der Waals surface area contributed by atoms with Crippen LogP contribution in [0.4, 0.5) is 11.4 Å². The van der Waals surface area contributed by atoms with Crippen LogP contribution in [-0.4, -0.2) is 22.2 Å². The van der Waals surface area contributed by atoms with Gasteiger partial charge in [-0.2, -0.15) is 0 Å².